The normalized spacial score (nSPS) is 19.2. The number of anilines is 2. The summed E-state index contributed by atoms with van der Waals surface area (Å²) in [7, 11) is 0. The Bertz CT molecular complexity index is 2090. The lowest BCUT2D eigenvalue weighted by Gasteiger charge is -2.30. The molecule has 5 aromatic rings. The molecule has 3 atom stereocenters. The molecule has 2 N–H and O–H groups in total. The Morgan fingerprint density at radius 1 is 0.891 bits per heavy atom. The second-order valence-corrected chi connectivity index (χ2v) is 12.9. The predicted octanol–water partition coefficient (Wildman–Crippen LogP) is 6.42. The average Bonchev–Trinajstić information content (AvgIpc) is 3.53. The van der Waals surface area contributed by atoms with Crippen molar-refractivity contribution in [3.05, 3.63) is 117 Å². The van der Waals surface area contributed by atoms with Crippen LogP contribution in [0, 0.1) is 5.92 Å². The fourth-order valence-corrected chi connectivity index (χ4v) is 8.38. The van der Waals surface area contributed by atoms with Gasteiger partial charge in [0.1, 0.15) is 11.0 Å². The molecule has 1 fully saturated rings. The van der Waals surface area contributed by atoms with Crippen molar-refractivity contribution in [2.45, 2.75) is 22.4 Å². The van der Waals surface area contributed by atoms with Gasteiger partial charge in [-0.1, -0.05) is 71.6 Å². The molecule has 1 aromatic heterocycles. The number of hydrogen-bond donors (Lipinski definition) is 2. The van der Waals surface area contributed by atoms with Gasteiger partial charge in [0.25, 0.3) is 5.91 Å². The van der Waals surface area contributed by atoms with Crippen molar-refractivity contribution in [3.8, 4) is 5.75 Å². The van der Waals surface area contributed by atoms with Crippen molar-refractivity contribution >= 4 is 63.0 Å². The molecule has 7 rings (SSSR count). The van der Waals surface area contributed by atoms with Crippen LogP contribution in [0.4, 0.5) is 24.5 Å². The Labute approximate surface area is 267 Å². The molecule has 13 heteroatoms. The minimum Gasteiger partial charge on any atom is -0.484 e. The van der Waals surface area contributed by atoms with Gasteiger partial charge in [-0.25, -0.2) is 4.90 Å². The number of H-pyrrole nitrogens is 1. The van der Waals surface area contributed by atoms with Crippen LogP contribution in [0.15, 0.2) is 101 Å². The summed E-state index contributed by atoms with van der Waals surface area (Å²) < 4.78 is 46.2. The first-order chi connectivity index (χ1) is 22.1. The van der Waals surface area contributed by atoms with E-state index in [1.165, 1.54) is 6.07 Å². The predicted molar refractivity (Wildman–Crippen MR) is 168 cm³/mol. The number of thioether (sulfide) groups is 1. The number of halogens is 3. The maximum Gasteiger partial charge on any atom is 0.416 e. The van der Waals surface area contributed by atoms with Crippen molar-refractivity contribution in [1.29, 1.82) is 0 Å². The lowest BCUT2D eigenvalue weighted by molar-refractivity contribution is -0.137. The number of carbonyl (C=O) groups excluding carboxylic acids is 3. The second-order valence-electron chi connectivity index (χ2n) is 10.8. The monoisotopic (exact) mass is 661 g/mol. The smallest absolute Gasteiger partial charge is 0.416 e. The first kappa shape index (κ1) is 29.8. The summed E-state index contributed by atoms with van der Waals surface area (Å²) in [6.45, 7) is -0.313. The SMILES string of the molecule is O=C(COc1cccc([C@H]2c3sc(=O)[nH]c3SC3C(=O)N(c4cccc(C(F)(F)F)c4)C(=O)C32)c1)Nc1ccc2ccccc2c1. The number of ether oxygens (including phenoxy) is 1. The van der Waals surface area contributed by atoms with Gasteiger partial charge in [0.2, 0.25) is 11.8 Å². The maximum absolute atomic E-state index is 13.9. The van der Waals surface area contributed by atoms with E-state index in [9.17, 15) is 32.3 Å². The number of nitrogens with zero attached hydrogens (tertiary/aromatic N) is 1. The zero-order chi connectivity index (χ0) is 32.2. The number of rotatable bonds is 6. The summed E-state index contributed by atoms with van der Waals surface area (Å²) in [5, 5.41) is 4.26. The quantitative estimate of drug-likeness (QED) is 0.203. The molecule has 0 saturated carbocycles. The molecule has 46 heavy (non-hydrogen) atoms. The minimum absolute atomic E-state index is 0.176. The number of fused-ring (bicyclic) bond motifs is 3. The van der Waals surface area contributed by atoms with Crippen LogP contribution in [0.5, 0.6) is 5.75 Å². The Balaban J connectivity index is 1.15. The first-order valence-corrected chi connectivity index (χ1v) is 15.7. The van der Waals surface area contributed by atoms with E-state index in [2.05, 4.69) is 10.3 Å². The third-order valence-electron chi connectivity index (χ3n) is 7.88. The number of nitrogens with one attached hydrogen (secondary N) is 2. The van der Waals surface area contributed by atoms with Crippen molar-refractivity contribution in [1.82, 2.24) is 4.98 Å². The highest BCUT2D eigenvalue weighted by Crippen LogP contribution is 2.53. The number of imide groups is 1. The summed E-state index contributed by atoms with van der Waals surface area (Å²) in [6, 6.07) is 24.0. The average molecular weight is 662 g/mol. The van der Waals surface area contributed by atoms with Gasteiger partial charge >= 0.3 is 11.0 Å². The highest BCUT2D eigenvalue weighted by atomic mass is 32.2. The standard InChI is InChI=1S/C33H22F3N3O5S2/c34-33(35,36)20-8-4-9-22(15-20)39-30(41)26-25(27-29(38-32(43)46-27)45-28(26)31(39)42)19-7-3-10-23(14-19)44-16-24(40)37-21-12-11-17-5-1-2-6-18(17)13-21/h1-15,25-26,28H,16H2,(H,37,40)(H,38,43)/t25-,26?,28?/m1/s1. The summed E-state index contributed by atoms with van der Waals surface area (Å²) >= 11 is 1.93. The van der Waals surface area contributed by atoms with Crippen LogP contribution >= 0.6 is 23.1 Å². The van der Waals surface area contributed by atoms with Crippen LogP contribution in [-0.4, -0.2) is 34.6 Å². The lowest BCUT2D eigenvalue weighted by Crippen LogP contribution is -2.32. The number of aromatic nitrogens is 1. The number of alkyl halides is 3. The van der Waals surface area contributed by atoms with E-state index in [1.807, 2.05) is 36.4 Å². The fourth-order valence-electron chi connectivity index (χ4n) is 5.86. The molecular weight excluding hydrogens is 640 g/mol. The molecule has 2 aliphatic heterocycles. The molecule has 0 bridgehead atoms. The van der Waals surface area contributed by atoms with E-state index in [0.29, 0.717) is 26.9 Å². The van der Waals surface area contributed by atoms with E-state index in [-0.39, 0.29) is 17.2 Å². The Kier molecular flexibility index (Phi) is 7.44. The third kappa shape index (κ3) is 5.45. The molecule has 1 saturated heterocycles. The fraction of sp³-hybridized carbons (Fsp3) is 0.152. The number of thiazole rings is 1. The molecule has 3 heterocycles. The van der Waals surface area contributed by atoms with Gasteiger partial charge in [-0.3, -0.25) is 19.2 Å². The zero-order valence-electron chi connectivity index (χ0n) is 23.5. The van der Waals surface area contributed by atoms with Crippen LogP contribution in [0.3, 0.4) is 0 Å². The Morgan fingerprint density at radius 2 is 1.67 bits per heavy atom. The molecule has 0 radical (unpaired) electrons. The van der Waals surface area contributed by atoms with E-state index < -0.39 is 46.5 Å². The second kappa shape index (κ2) is 11.5. The Morgan fingerprint density at radius 3 is 2.48 bits per heavy atom. The van der Waals surface area contributed by atoms with Crippen molar-refractivity contribution in [3.63, 3.8) is 0 Å². The van der Waals surface area contributed by atoms with Crippen LogP contribution in [0.25, 0.3) is 10.8 Å². The van der Waals surface area contributed by atoms with E-state index in [1.54, 1.807) is 30.3 Å². The number of aromatic amines is 1. The van der Waals surface area contributed by atoms with E-state index in [0.717, 1.165) is 57.0 Å². The maximum atomic E-state index is 13.9. The van der Waals surface area contributed by atoms with Crippen LogP contribution in [-0.2, 0) is 20.6 Å². The molecule has 8 nitrogen and oxygen atoms in total. The summed E-state index contributed by atoms with van der Waals surface area (Å²) in [5.41, 5.74) is -0.00439. The van der Waals surface area contributed by atoms with Gasteiger partial charge in [-0.2, -0.15) is 13.2 Å². The number of benzene rings is 4. The van der Waals surface area contributed by atoms with Gasteiger partial charge < -0.3 is 15.0 Å². The summed E-state index contributed by atoms with van der Waals surface area (Å²) in [4.78, 5) is 56.3. The summed E-state index contributed by atoms with van der Waals surface area (Å²) in [5.74, 6) is -3.19. The summed E-state index contributed by atoms with van der Waals surface area (Å²) in [6.07, 6.45) is -4.66. The van der Waals surface area contributed by atoms with Crippen LogP contribution in [0.1, 0.15) is 21.9 Å². The zero-order valence-corrected chi connectivity index (χ0v) is 25.2. The van der Waals surface area contributed by atoms with Gasteiger partial charge in [0.05, 0.1) is 22.2 Å². The number of amides is 3. The highest BCUT2D eigenvalue weighted by Gasteiger charge is 2.56. The first-order valence-electron chi connectivity index (χ1n) is 14.0. The molecule has 0 aliphatic carbocycles. The molecule has 2 aliphatic rings. The van der Waals surface area contributed by atoms with Gasteiger partial charge in [0.15, 0.2) is 6.61 Å². The molecule has 3 amide bonds. The van der Waals surface area contributed by atoms with E-state index in [4.69, 9.17) is 4.74 Å². The van der Waals surface area contributed by atoms with Gasteiger partial charge in [0, 0.05) is 16.5 Å². The van der Waals surface area contributed by atoms with Crippen molar-refractivity contribution in [2.75, 3.05) is 16.8 Å². The van der Waals surface area contributed by atoms with Crippen molar-refractivity contribution in [2.24, 2.45) is 5.92 Å². The molecule has 4 aromatic carbocycles. The number of carbonyl (C=O) groups is 3. The topological polar surface area (TPSA) is 109 Å². The van der Waals surface area contributed by atoms with Gasteiger partial charge in [-0.05, 0) is 58.8 Å². The molecule has 2 unspecified atom stereocenters. The van der Waals surface area contributed by atoms with E-state index >= 15 is 0 Å². The number of hydrogen-bond acceptors (Lipinski definition) is 7. The molecule has 232 valence electrons. The third-order valence-corrected chi connectivity index (χ3v) is 10.3. The molecule has 0 spiro atoms. The highest BCUT2D eigenvalue weighted by molar-refractivity contribution is 8.00. The lowest BCUT2D eigenvalue weighted by atomic mass is 9.83. The largest absolute Gasteiger partial charge is 0.484 e. The minimum atomic E-state index is -4.66. The Hall–Kier alpha value is -4.88. The van der Waals surface area contributed by atoms with Crippen molar-refractivity contribution < 1.29 is 32.3 Å². The molecular formula is C33H22F3N3O5S2. The van der Waals surface area contributed by atoms with Gasteiger partial charge in [-0.15, -0.1) is 0 Å². The van der Waals surface area contributed by atoms with Crippen LogP contribution in [0.2, 0.25) is 0 Å². The van der Waals surface area contributed by atoms with Crippen LogP contribution < -0.4 is 19.8 Å².